The van der Waals surface area contributed by atoms with Crippen molar-refractivity contribution in [2.45, 2.75) is 19.9 Å². The number of pyridine rings is 1. The molecule has 3 aromatic rings. The van der Waals surface area contributed by atoms with Crippen molar-refractivity contribution in [2.24, 2.45) is 0 Å². The van der Waals surface area contributed by atoms with E-state index in [9.17, 15) is 4.79 Å². The smallest absolute Gasteiger partial charge is 0.223 e. The lowest BCUT2D eigenvalue weighted by Crippen LogP contribution is -2.24. The number of carbonyl (C=O) groups excluding carboxylic acids is 1. The van der Waals surface area contributed by atoms with E-state index in [1.807, 2.05) is 48.0 Å². The number of nitrogens with zero attached hydrogens (tertiary/aromatic N) is 2. The van der Waals surface area contributed by atoms with Gasteiger partial charge in [0.25, 0.3) is 0 Å². The zero-order chi connectivity index (χ0) is 16.9. The van der Waals surface area contributed by atoms with Crippen LogP contribution in [0.15, 0.2) is 48.8 Å². The number of halogens is 1. The minimum atomic E-state index is -0.0780. The summed E-state index contributed by atoms with van der Waals surface area (Å²) in [6.45, 7) is 2.71. The van der Waals surface area contributed by atoms with Gasteiger partial charge in [-0.15, -0.1) is 0 Å². The Bertz CT molecular complexity index is 860. The predicted octanol–water partition coefficient (Wildman–Crippen LogP) is 3.38. The second-order valence-corrected chi connectivity index (χ2v) is 5.92. The van der Waals surface area contributed by atoms with E-state index >= 15 is 0 Å². The first-order chi connectivity index (χ1) is 11.6. The van der Waals surface area contributed by atoms with Gasteiger partial charge in [-0.1, -0.05) is 23.7 Å². The molecule has 0 fully saturated rings. The van der Waals surface area contributed by atoms with Crippen LogP contribution in [0.5, 0.6) is 5.75 Å². The van der Waals surface area contributed by atoms with Crippen LogP contribution in [0.1, 0.15) is 17.7 Å². The highest BCUT2D eigenvalue weighted by atomic mass is 35.5. The molecule has 6 heteroatoms. The maximum atomic E-state index is 11.9. The van der Waals surface area contributed by atoms with Crippen molar-refractivity contribution in [3.8, 4) is 5.75 Å². The molecule has 0 aliphatic heterocycles. The highest BCUT2D eigenvalue weighted by Gasteiger charge is 2.06. The van der Waals surface area contributed by atoms with Crippen LogP contribution in [0.25, 0.3) is 5.65 Å². The predicted molar refractivity (Wildman–Crippen MR) is 93.3 cm³/mol. The summed E-state index contributed by atoms with van der Waals surface area (Å²) in [5.74, 6) is 0.580. The first-order valence-corrected chi connectivity index (χ1v) is 8.08. The van der Waals surface area contributed by atoms with Gasteiger partial charge in [-0.2, -0.15) is 0 Å². The van der Waals surface area contributed by atoms with Crippen molar-refractivity contribution >= 4 is 23.2 Å². The molecule has 2 aromatic heterocycles. The Balaban J connectivity index is 1.47. The number of carbonyl (C=O) groups is 1. The molecule has 1 N–H and O–H groups in total. The standard InChI is InChI=1S/C18H18ClN3O2/c1-13-4-3-8-22-12-15(21-18(13)22)11-20-17(23)7-9-24-16-6-2-5-14(19)10-16/h2-6,8,10,12H,7,9,11H2,1H3,(H,20,23). The third-order valence-electron chi connectivity index (χ3n) is 3.59. The summed E-state index contributed by atoms with van der Waals surface area (Å²) in [6, 6.07) is 11.1. The van der Waals surface area contributed by atoms with Gasteiger partial charge in [0, 0.05) is 17.4 Å². The van der Waals surface area contributed by atoms with E-state index in [4.69, 9.17) is 16.3 Å². The molecule has 2 heterocycles. The number of nitrogens with one attached hydrogen (secondary N) is 1. The lowest BCUT2D eigenvalue weighted by atomic mass is 10.3. The average Bonchev–Trinajstić information content (AvgIpc) is 2.98. The first-order valence-electron chi connectivity index (χ1n) is 7.70. The highest BCUT2D eigenvalue weighted by Crippen LogP contribution is 2.17. The zero-order valence-electron chi connectivity index (χ0n) is 13.3. The topological polar surface area (TPSA) is 55.6 Å². The van der Waals surface area contributed by atoms with Crippen LogP contribution in [0.4, 0.5) is 0 Å². The Morgan fingerprint density at radius 1 is 1.33 bits per heavy atom. The number of amides is 1. The summed E-state index contributed by atoms with van der Waals surface area (Å²) in [6.07, 6.45) is 4.14. The van der Waals surface area contributed by atoms with Gasteiger partial charge in [0.1, 0.15) is 11.4 Å². The molecule has 1 aromatic carbocycles. The zero-order valence-corrected chi connectivity index (χ0v) is 14.1. The minimum absolute atomic E-state index is 0.0780. The largest absolute Gasteiger partial charge is 0.493 e. The van der Waals surface area contributed by atoms with E-state index in [1.165, 1.54) is 0 Å². The molecule has 0 aliphatic carbocycles. The summed E-state index contributed by atoms with van der Waals surface area (Å²) < 4.78 is 7.47. The molecule has 0 saturated heterocycles. The first kappa shape index (κ1) is 16.3. The molecule has 5 nitrogen and oxygen atoms in total. The number of ether oxygens (including phenoxy) is 1. The molecular weight excluding hydrogens is 326 g/mol. The molecular formula is C18H18ClN3O2. The van der Waals surface area contributed by atoms with Gasteiger partial charge < -0.3 is 14.5 Å². The number of aryl methyl sites for hydroxylation is 1. The second kappa shape index (κ2) is 7.36. The number of hydrogen-bond acceptors (Lipinski definition) is 3. The van der Waals surface area contributed by atoms with Gasteiger partial charge in [-0.25, -0.2) is 4.98 Å². The quantitative estimate of drug-likeness (QED) is 0.746. The molecule has 0 unspecified atom stereocenters. The number of rotatable bonds is 6. The van der Waals surface area contributed by atoms with Crippen LogP contribution >= 0.6 is 11.6 Å². The van der Waals surface area contributed by atoms with Crippen LogP contribution in [-0.2, 0) is 11.3 Å². The third-order valence-corrected chi connectivity index (χ3v) is 3.82. The van der Waals surface area contributed by atoms with E-state index in [2.05, 4.69) is 10.3 Å². The molecule has 0 bridgehead atoms. The number of imidazole rings is 1. The summed E-state index contributed by atoms with van der Waals surface area (Å²) in [4.78, 5) is 16.4. The number of aromatic nitrogens is 2. The SMILES string of the molecule is Cc1cccn2cc(CNC(=O)CCOc3cccc(Cl)c3)nc12. The van der Waals surface area contributed by atoms with Crippen LogP contribution in [0, 0.1) is 6.92 Å². The fourth-order valence-corrected chi connectivity index (χ4v) is 2.57. The molecule has 0 radical (unpaired) electrons. The van der Waals surface area contributed by atoms with Gasteiger partial charge in [0.05, 0.1) is 25.3 Å². The van der Waals surface area contributed by atoms with E-state index in [0.29, 0.717) is 23.9 Å². The number of fused-ring (bicyclic) bond motifs is 1. The summed E-state index contributed by atoms with van der Waals surface area (Å²) in [5.41, 5.74) is 2.84. The lowest BCUT2D eigenvalue weighted by Gasteiger charge is -2.06. The molecule has 0 spiro atoms. The Hall–Kier alpha value is -2.53. The second-order valence-electron chi connectivity index (χ2n) is 5.49. The van der Waals surface area contributed by atoms with Crippen LogP contribution in [0.3, 0.4) is 0 Å². The summed E-state index contributed by atoms with van der Waals surface area (Å²) >= 11 is 5.88. The van der Waals surface area contributed by atoms with Gasteiger partial charge in [0.2, 0.25) is 5.91 Å². The maximum absolute atomic E-state index is 11.9. The number of hydrogen-bond donors (Lipinski definition) is 1. The molecule has 0 saturated carbocycles. The Labute approximate surface area is 145 Å². The molecule has 0 atom stereocenters. The van der Waals surface area contributed by atoms with E-state index in [0.717, 1.165) is 16.9 Å². The van der Waals surface area contributed by atoms with E-state index in [1.54, 1.807) is 12.1 Å². The van der Waals surface area contributed by atoms with Crippen molar-refractivity contribution < 1.29 is 9.53 Å². The normalized spacial score (nSPS) is 10.8. The van der Waals surface area contributed by atoms with Crippen molar-refractivity contribution in [3.05, 3.63) is 65.1 Å². The molecule has 24 heavy (non-hydrogen) atoms. The van der Waals surface area contributed by atoms with Crippen LogP contribution in [-0.4, -0.2) is 21.9 Å². The highest BCUT2D eigenvalue weighted by molar-refractivity contribution is 6.30. The summed E-state index contributed by atoms with van der Waals surface area (Å²) in [7, 11) is 0. The summed E-state index contributed by atoms with van der Waals surface area (Å²) in [5, 5.41) is 3.47. The van der Waals surface area contributed by atoms with Crippen molar-refractivity contribution in [2.75, 3.05) is 6.61 Å². The number of benzene rings is 1. The molecule has 0 aliphatic rings. The molecule has 3 rings (SSSR count). The fourth-order valence-electron chi connectivity index (χ4n) is 2.39. The van der Waals surface area contributed by atoms with E-state index in [-0.39, 0.29) is 12.3 Å². The Morgan fingerprint density at radius 3 is 3.00 bits per heavy atom. The van der Waals surface area contributed by atoms with Crippen LogP contribution in [0.2, 0.25) is 5.02 Å². The van der Waals surface area contributed by atoms with Gasteiger partial charge in [0.15, 0.2) is 0 Å². The van der Waals surface area contributed by atoms with Gasteiger partial charge in [-0.05, 0) is 36.8 Å². The third kappa shape index (κ3) is 4.06. The van der Waals surface area contributed by atoms with Gasteiger partial charge >= 0.3 is 0 Å². The van der Waals surface area contributed by atoms with Crippen molar-refractivity contribution in [3.63, 3.8) is 0 Å². The Morgan fingerprint density at radius 2 is 2.21 bits per heavy atom. The average molecular weight is 344 g/mol. The minimum Gasteiger partial charge on any atom is -0.493 e. The molecule has 1 amide bonds. The van der Waals surface area contributed by atoms with Crippen molar-refractivity contribution in [1.29, 1.82) is 0 Å². The molecule has 124 valence electrons. The van der Waals surface area contributed by atoms with Gasteiger partial charge in [-0.3, -0.25) is 4.79 Å². The lowest BCUT2D eigenvalue weighted by molar-refractivity contribution is -0.121. The fraction of sp³-hybridized carbons (Fsp3) is 0.222. The van der Waals surface area contributed by atoms with Crippen molar-refractivity contribution in [1.82, 2.24) is 14.7 Å². The van der Waals surface area contributed by atoms with Crippen LogP contribution < -0.4 is 10.1 Å². The van der Waals surface area contributed by atoms with E-state index < -0.39 is 0 Å². The monoisotopic (exact) mass is 343 g/mol. The maximum Gasteiger partial charge on any atom is 0.223 e. The Kier molecular flexibility index (Phi) is 5.01.